The third-order valence-corrected chi connectivity index (χ3v) is 4.90. The van der Waals surface area contributed by atoms with Gasteiger partial charge in [-0.2, -0.15) is 4.31 Å². The topological polar surface area (TPSA) is 99.7 Å². The molecular weight excluding hydrogens is 296 g/mol. The van der Waals surface area contributed by atoms with Crippen LogP contribution in [0, 0.1) is 0 Å². The van der Waals surface area contributed by atoms with Gasteiger partial charge < -0.3 is 19.8 Å². The fraction of sp³-hybridized carbons (Fsp3) is 0.750. The third-order valence-electron chi connectivity index (χ3n) is 2.87. The van der Waals surface area contributed by atoms with Crippen molar-refractivity contribution in [2.75, 3.05) is 45.3 Å². The molecule has 0 amide bonds. The Hall–Kier alpha value is -1.16. The molecule has 8 nitrogen and oxygen atoms in total. The second kappa shape index (κ2) is 8.32. The SMILES string of the molecule is CCOCCN(CCOCC)S(=O)(=O)c1c(N)ncn1C. The molecule has 0 fully saturated rings. The summed E-state index contributed by atoms with van der Waals surface area (Å²) in [5.41, 5.74) is 5.67. The van der Waals surface area contributed by atoms with E-state index >= 15 is 0 Å². The number of anilines is 1. The molecule has 0 aliphatic heterocycles. The fourth-order valence-electron chi connectivity index (χ4n) is 1.85. The lowest BCUT2D eigenvalue weighted by atomic mass is 10.6. The Morgan fingerprint density at radius 1 is 1.24 bits per heavy atom. The number of hydrogen-bond donors (Lipinski definition) is 1. The second-order valence-electron chi connectivity index (χ2n) is 4.34. The highest BCUT2D eigenvalue weighted by Crippen LogP contribution is 2.20. The lowest BCUT2D eigenvalue weighted by Gasteiger charge is -2.22. The minimum absolute atomic E-state index is 0.00417. The van der Waals surface area contributed by atoms with E-state index in [1.54, 1.807) is 7.05 Å². The lowest BCUT2D eigenvalue weighted by molar-refractivity contribution is 0.110. The number of ether oxygens (including phenoxy) is 2. The Kier molecular flexibility index (Phi) is 7.09. The Labute approximate surface area is 125 Å². The van der Waals surface area contributed by atoms with Gasteiger partial charge in [0.2, 0.25) is 0 Å². The van der Waals surface area contributed by atoms with E-state index in [9.17, 15) is 8.42 Å². The first-order chi connectivity index (χ1) is 9.95. The molecule has 1 aromatic heterocycles. The van der Waals surface area contributed by atoms with Gasteiger partial charge in [0, 0.05) is 33.4 Å². The van der Waals surface area contributed by atoms with Gasteiger partial charge in [-0.3, -0.25) is 0 Å². The van der Waals surface area contributed by atoms with Crippen LogP contribution in [0.2, 0.25) is 0 Å². The molecule has 0 aliphatic rings. The highest BCUT2D eigenvalue weighted by Gasteiger charge is 2.29. The Morgan fingerprint density at radius 3 is 2.14 bits per heavy atom. The van der Waals surface area contributed by atoms with E-state index in [2.05, 4.69) is 4.98 Å². The van der Waals surface area contributed by atoms with Crippen LogP contribution in [-0.2, 0) is 26.5 Å². The van der Waals surface area contributed by atoms with E-state index in [0.717, 1.165) is 0 Å². The van der Waals surface area contributed by atoms with Gasteiger partial charge in [-0.05, 0) is 13.8 Å². The van der Waals surface area contributed by atoms with Crippen LogP contribution in [0.15, 0.2) is 11.4 Å². The molecule has 0 saturated carbocycles. The number of aromatic nitrogens is 2. The molecule has 0 spiro atoms. The molecule has 122 valence electrons. The summed E-state index contributed by atoms with van der Waals surface area (Å²) in [4.78, 5) is 3.83. The van der Waals surface area contributed by atoms with Gasteiger partial charge >= 0.3 is 0 Å². The summed E-state index contributed by atoms with van der Waals surface area (Å²) < 4.78 is 38.6. The molecule has 21 heavy (non-hydrogen) atoms. The smallest absolute Gasteiger partial charge is 0.262 e. The first-order valence-corrected chi connectivity index (χ1v) is 8.31. The predicted molar refractivity (Wildman–Crippen MR) is 79.4 cm³/mol. The molecule has 0 aliphatic carbocycles. The first kappa shape index (κ1) is 17.9. The number of sulfonamides is 1. The summed E-state index contributed by atoms with van der Waals surface area (Å²) in [6.07, 6.45) is 1.38. The molecule has 1 rings (SSSR count). The third kappa shape index (κ3) is 4.67. The molecule has 0 atom stereocenters. The summed E-state index contributed by atoms with van der Waals surface area (Å²) >= 11 is 0. The number of nitrogen functional groups attached to an aromatic ring is 1. The van der Waals surface area contributed by atoms with Gasteiger partial charge in [-0.1, -0.05) is 0 Å². The Morgan fingerprint density at radius 2 is 1.76 bits per heavy atom. The summed E-state index contributed by atoms with van der Waals surface area (Å²) in [6, 6.07) is 0. The predicted octanol–water partition coefficient (Wildman–Crippen LogP) is 0.0660. The van der Waals surface area contributed by atoms with Crippen LogP contribution in [0.3, 0.4) is 0 Å². The molecule has 0 saturated heterocycles. The summed E-state index contributed by atoms with van der Waals surface area (Å²) in [5, 5.41) is -0.00417. The molecule has 9 heteroatoms. The van der Waals surface area contributed by atoms with Crippen LogP contribution < -0.4 is 5.73 Å². The van der Waals surface area contributed by atoms with E-state index in [1.807, 2.05) is 13.8 Å². The van der Waals surface area contributed by atoms with E-state index in [-0.39, 0.29) is 23.9 Å². The highest BCUT2D eigenvalue weighted by atomic mass is 32.2. The van der Waals surface area contributed by atoms with Crippen molar-refractivity contribution in [1.82, 2.24) is 13.9 Å². The van der Waals surface area contributed by atoms with Gasteiger partial charge in [0.1, 0.15) is 0 Å². The number of nitrogens with two attached hydrogens (primary N) is 1. The second-order valence-corrected chi connectivity index (χ2v) is 6.20. The molecule has 0 aromatic carbocycles. The van der Waals surface area contributed by atoms with E-state index in [1.165, 1.54) is 15.2 Å². The number of imidazole rings is 1. The van der Waals surface area contributed by atoms with Crippen molar-refractivity contribution in [3.05, 3.63) is 6.33 Å². The molecule has 1 heterocycles. The summed E-state index contributed by atoms with van der Waals surface area (Å²) in [7, 11) is -2.13. The molecular formula is C12H24N4O4S. The molecule has 0 radical (unpaired) electrons. The van der Waals surface area contributed by atoms with E-state index in [4.69, 9.17) is 15.2 Å². The average molecular weight is 320 g/mol. The Bertz CT molecular complexity index is 500. The minimum atomic E-state index is -3.73. The van der Waals surface area contributed by atoms with Gasteiger partial charge in [0.05, 0.1) is 19.5 Å². The van der Waals surface area contributed by atoms with Crippen molar-refractivity contribution >= 4 is 15.8 Å². The fourth-order valence-corrected chi connectivity index (χ4v) is 3.45. The van der Waals surface area contributed by atoms with Crippen molar-refractivity contribution in [1.29, 1.82) is 0 Å². The maximum Gasteiger partial charge on any atom is 0.262 e. The van der Waals surface area contributed by atoms with Crippen LogP contribution >= 0.6 is 0 Å². The number of rotatable bonds is 10. The molecule has 2 N–H and O–H groups in total. The summed E-state index contributed by atoms with van der Waals surface area (Å²) in [6.45, 7) is 5.91. The molecule has 1 aromatic rings. The quantitative estimate of drug-likeness (QED) is 0.612. The number of aryl methyl sites for hydroxylation is 1. The zero-order valence-electron chi connectivity index (χ0n) is 12.8. The van der Waals surface area contributed by atoms with Crippen LogP contribution in [0.5, 0.6) is 0 Å². The van der Waals surface area contributed by atoms with Crippen LogP contribution in [0.25, 0.3) is 0 Å². The Balaban J connectivity index is 2.93. The van der Waals surface area contributed by atoms with Crippen molar-refractivity contribution in [2.45, 2.75) is 18.9 Å². The zero-order chi connectivity index (χ0) is 15.9. The van der Waals surface area contributed by atoms with Gasteiger partial charge in [0.25, 0.3) is 10.0 Å². The number of hydrogen-bond acceptors (Lipinski definition) is 6. The van der Waals surface area contributed by atoms with Crippen LogP contribution in [-0.4, -0.2) is 61.8 Å². The van der Waals surface area contributed by atoms with Crippen LogP contribution in [0.1, 0.15) is 13.8 Å². The summed E-state index contributed by atoms with van der Waals surface area (Å²) in [5.74, 6) is -0.00433. The zero-order valence-corrected chi connectivity index (χ0v) is 13.6. The largest absolute Gasteiger partial charge is 0.381 e. The maximum absolute atomic E-state index is 12.7. The van der Waals surface area contributed by atoms with E-state index in [0.29, 0.717) is 26.4 Å². The monoisotopic (exact) mass is 320 g/mol. The van der Waals surface area contributed by atoms with Crippen LogP contribution in [0.4, 0.5) is 5.82 Å². The van der Waals surface area contributed by atoms with Gasteiger partial charge in [0.15, 0.2) is 10.8 Å². The molecule has 0 bridgehead atoms. The molecule has 0 unspecified atom stereocenters. The lowest BCUT2D eigenvalue weighted by Crippen LogP contribution is -2.37. The average Bonchev–Trinajstić information content (AvgIpc) is 2.77. The van der Waals surface area contributed by atoms with Crippen molar-refractivity contribution in [2.24, 2.45) is 7.05 Å². The first-order valence-electron chi connectivity index (χ1n) is 6.87. The maximum atomic E-state index is 12.7. The van der Waals surface area contributed by atoms with Crippen molar-refractivity contribution < 1.29 is 17.9 Å². The van der Waals surface area contributed by atoms with Gasteiger partial charge in [-0.25, -0.2) is 13.4 Å². The normalized spacial score (nSPS) is 12.2. The van der Waals surface area contributed by atoms with Gasteiger partial charge in [-0.15, -0.1) is 0 Å². The minimum Gasteiger partial charge on any atom is -0.381 e. The van der Waals surface area contributed by atoms with Crippen molar-refractivity contribution in [3.8, 4) is 0 Å². The van der Waals surface area contributed by atoms with Crippen molar-refractivity contribution in [3.63, 3.8) is 0 Å². The number of nitrogens with zero attached hydrogens (tertiary/aromatic N) is 3. The van der Waals surface area contributed by atoms with E-state index < -0.39 is 10.0 Å². The standard InChI is InChI=1S/C12H24N4O4S/c1-4-19-8-6-16(7-9-20-5-2)21(17,18)12-11(13)14-10-15(12)3/h10H,4-9,13H2,1-3H3. The highest BCUT2D eigenvalue weighted by molar-refractivity contribution is 7.89.